The van der Waals surface area contributed by atoms with Gasteiger partial charge in [-0.1, -0.05) is 18.9 Å². The van der Waals surface area contributed by atoms with E-state index in [1.165, 1.54) is 25.7 Å². The van der Waals surface area contributed by atoms with Crippen molar-refractivity contribution in [3.63, 3.8) is 0 Å². The Bertz CT molecular complexity index is 416. The van der Waals surface area contributed by atoms with E-state index >= 15 is 0 Å². The molecule has 0 atom stereocenters. The van der Waals surface area contributed by atoms with Crippen molar-refractivity contribution in [2.75, 3.05) is 37.8 Å². The Morgan fingerprint density at radius 2 is 2.10 bits per heavy atom. The quantitative estimate of drug-likeness (QED) is 0.752. The summed E-state index contributed by atoms with van der Waals surface area (Å²) in [7, 11) is 2.22. The summed E-state index contributed by atoms with van der Waals surface area (Å²) in [6.45, 7) is 4.56. The number of rotatable bonds is 7. The summed E-state index contributed by atoms with van der Waals surface area (Å²) >= 11 is 0. The number of likely N-dealkylation sites (N-methyl/N-ethyl adjacent to an activating group) is 1. The van der Waals surface area contributed by atoms with Crippen LogP contribution in [0.3, 0.4) is 0 Å². The van der Waals surface area contributed by atoms with E-state index in [9.17, 15) is 0 Å². The van der Waals surface area contributed by atoms with Crippen molar-refractivity contribution in [3.05, 3.63) is 18.2 Å². The third-order valence-corrected chi connectivity index (χ3v) is 4.09. The number of para-hydroxylation sites is 1. The van der Waals surface area contributed by atoms with Crippen LogP contribution in [0.2, 0.25) is 0 Å². The fourth-order valence-electron chi connectivity index (χ4n) is 2.87. The van der Waals surface area contributed by atoms with E-state index in [2.05, 4.69) is 17.3 Å². The molecule has 2 rings (SSSR count). The molecule has 1 aliphatic rings. The van der Waals surface area contributed by atoms with Crippen LogP contribution in [0.15, 0.2) is 18.2 Å². The van der Waals surface area contributed by atoms with Gasteiger partial charge in [0.25, 0.3) is 0 Å². The summed E-state index contributed by atoms with van der Waals surface area (Å²) in [5.41, 5.74) is 7.78. The molecular weight excluding hydrogens is 250 g/mol. The van der Waals surface area contributed by atoms with Crippen LogP contribution in [0.5, 0.6) is 5.75 Å². The van der Waals surface area contributed by atoms with Crippen LogP contribution >= 0.6 is 0 Å². The first-order valence-electron chi connectivity index (χ1n) is 7.67. The highest BCUT2D eigenvalue weighted by molar-refractivity contribution is 5.72. The molecule has 0 heterocycles. The molecule has 0 saturated heterocycles. The zero-order chi connectivity index (χ0) is 14.4. The first kappa shape index (κ1) is 15.0. The monoisotopic (exact) mass is 277 g/mol. The molecule has 1 aliphatic carbocycles. The average molecular weight is 277 g/mol. The van der Waals surface area contributed by atoms with Crippen LogP contribution in [-0.2, 0) is 0 Å². The number of benzene rings is 1. The number of hydrogen-bond acceptors (Lipinski definition) is 4. The van der Waals surface area contributed by atoms with E-state index in [0.717, 1.165) is 30.6 Å². The summed E-state index contributed by atoms with van der Waals surface area (Å²) in [5.74, 6) is 0.765. The SMILES string of the molecule is CCOc1cccc(NCCN(C)C2CCCC2)c1N. The maximum absolute atomic E-state index is 6.11. The van der Waals surface area contributed by atoms with Crippen molar-refractivity contribution >= 4 is 11.4 Å². The Labute approximate surface area is 122 Å². The average Bonchev–Trinajstić information content (AvgIpc) is 2.97. The largest absolute Gasteiger partial charge is 0.492 e. The predicted octanol–water partition coefficient (Wildman–Crippen LogP) is 2.95. The van der Waals surface area contributed by atoms with Crippen LogP contribution < -0.4 is 15.8 Å². The molecule has 0 radical (unpaired) electrons. The number of nitrogens with zero attached hydrogens (tertiary/aromatic N) is 1. The first-order valence-corrected chi connectivity index (χ1v) is 7.67. The fraction of sp³-hybridized carbons (Fsp3) is 0.625. The van der Waals surface area contributed by atoms with Crippen molar-refractivity contribution in [2.24, 2.45) is 0 Å². The Morgan fingerprint density at radius 3 is 2.80 bits per heavy atom. The van der Waals surface area contributed by atoms with Gasteiger partial charge in [0.15, 0.2) is 0 Å². The van der Waals surface area contributed by atoms with Gasteiger partial charge in [-0.25, -0.2) is 0 Å². The van der Waals surface area contributed by atoms with Gasteiger partial charge < -0.3 is 20.7 Å². The third-order valence-electron chi connectivity index (χ3n) is 4.09. The highest BCUT2D eigenvalue weighted by Crippen LogP contribution is 2.29. The fourth-order valence-corrected chi connectivity index (χ4v) is 2.87. The highest BCUT2D eigenvalue weighted by atomic mass is 16.5. The zero-order valence-corrected chi connectivity index (χ0v) is 12.7. The molecule has 4 heteroatoms. The molecule has 0 aromatic heterocycles. The molecule has 0 amide bonds. The van der Waals surface area contributed by atoms with Crippen molar-refractivity contribution in [2.45, 2.75) is 38.6 Å². The van der Waals surface area contributed by atoms with Gasteiger partial charge in [-0.05, 0) is 38.9 Å². The minimum atomic E-state index is 0.637. The van der Waals surface area contributed by atoms with Gasteiger partial charge in [0.2, 0.25) is 0 Å². The van der Waals surface area contributed by atoms with E-state index in [1.807, 2.05) is 25.1 Å². The molecule has 0 bridgehead atoms. The van der Waals surface area contributed by atoms with Crippen molar-refractivity contribution < 1.29 is 4.74 Å². The Morgan fingerprint density at radius 1 is 1.35 bits per heavy atom. The maximum Gasteiger partial charge on any atom is 0.144 e. The summed E-state index contributed by atoms with van der Waals surface area (Å²) < 4.78 is 5.51. The van der Waals surface area contributed by atoms with Crippen LogP contribution in [-0.4, -0.2) is 37.7 Å². The number of nitrogens with one attached hydrogen (secondary N) is 1. The third kappa shape index (κ3) is 3.79. The Balaban J connectivity index is 1.82. The van der Waals surface area contributed by atoms with E-state index in [0.29, 0.717) is 12.3 Å². The lowest BCUT2D eigenvalue weighted by atomic mass is 10.2. The van der Waals surface area contributed by atoms with Crippen molar-refractivity contribution in [1.82, 2.24) is 4.90 Å². The second-order valence-corrected chi connectivity index (χ2v) is 5.50. The second-order valence-electron chi connectivity index (χ2n) is 5.50. The van der Waals surface area contributed by atoms with Crippen LogP contribution in [0.4, 0.5) is 11.4 Å². The lowest BCUT2D eigenvalue weighted by Gasteiger charge is -2.24. The minimum absolute atomic E-state index is 0.637. The van der Waals surface area contributed by atoms with Gasteiger partial charge in [0.1, 0.15) is 5.75 Å². The molecular formula is C16H27N3O. The molecule has 0 aliphatic heterocycles. The molecule has 20 heavy (non-hydrogen) atoms. The molecule has 1 saturated carbocycles. The lowest BCUT2D eigenvalue weighted by Crippen LogP contribution is -2.33. The number of nitrogen functional groups attached to an aromatic ring is 1. The molecule has 112 valence electrons. The Kier molecular flexibility index (Phi) is 5.53. The minimum Gasteiger partial charge on any atom is -0.492 e. The number of nitrogens with two attached hydrogens (primary N) is 1. The van der Waals surface area contributed by atoms with Crippen molar-refractivity contribution in [3.8, 4) is 5.75 Å². The summed E-state index contributed by atoms with van der Waals surface area (Å²) in [4.78, 5) is 2.46. The molecule has 0 spiro atoms. The molecule has 1 fully saturated rings. The maximum atomic E-state index is 6.11. The van der Waals surface area contributed by atoms with Crippen molar-refractivity contribution in [1.29, 1.82) is 0 Å². The molecule has 1 aromatic carbocycles. The Hall–Kier alpha value is -1.42. The molecule has 3 N–H and O–H groups in total. The van der Waals surface area contributed by atoms with Gasteiger partial charge >= 0.3 is 0 Å². The molecule has 1 aromatic rings. The topological polar surface area (TPSA) is 50.5 Å². The van der Waals surface area contributed by atoms with E-state index in [1.54, 1.807) is 0 Å². The highest BCUT2D eigenvalue weighted by Gasteiger charge is 2.18. The molecule has 4 nitrogen and oxygen atoms in total. The summed E-state index contributed by atoms with van der Waals surface area (Å²) in [6.07, 6.45) is 5.45. The number of anilines is 2. The smallest absolute Gasteiger partial charge is 0.144 e. The second kappa shape index (κ2) is 7.39. The van der Waals surface area contributed by atoms with Gasteiger partial charge in [0, 0.05) is 19.1 Å². The predicted molar refractivity (Wildman–Crippen MR) is 85.4 cm³/mol. The van der Waals surface area contributed by atoms with Gasteiger partial charge in [0.05, 0.1) is 18.0 Å². The van der Waals surface area contributed by atoms with Gasteiger partial charge in [-0.3, -0.25) is 0 Å². The molecule has 0 unspecified atom stereocenters. The van der Waals surface area contributed by atoms with Crippen LogP contribution in [0.1, 0.15) is 32.6 Å². The lowest BCUT2D eigenvalue weighted by molar-refractivity contribution is 0.254. The number of hydrogen-bond donors (Lipinski definition) is 2. The van der Waals surface area contributed by atoms with Crippen LogP contribution in [0, 0.1) is 0 Å². The number of ether oxygens (including phenoxy) is 1. The summed E-state index contributed by atoms with van der Waals surface area (Å²) in [6, 6.07) is 6.66. The van der Waals surface area contributed by atoms with Crippen LogP contribution in [0.25, 0.3) is 0 Å². The van der Waals surface area contributed by atoms with E-state index < -0.39 is 0 Å². The zero-order valence-electron chi connectivity index (χ0n) is 12.7. The summed E-state index contributed by atoms with van der Waals surface area (Å²) in [5, 5.41) is 3.42. The van der Waals surface area contributed by atoms with E-state index in [4.69, 9.17) is 10.5 Å². The first-order chi connectivity index (χ1) is 9.72. The van der Waals surface area contributed by atoms with Gasteiger partial charge in [-0.2, -0.15) is 0 Å². The van der Waals surface area contributed by atoms with E-state index in [-0.39, 0.29) is 0 Å². The standard InChI is InChI=1S/C16H27N3O/c1-3-20-15-10-6-9-14(16(15)17)18-11-12-19(2)13-7-4-5-8-13/h6,9-10,13,18H,3-5,7-8,11-12,17H2,1-2H3. The normalized spacial score (nSPS) is 15.8. The van der Waals surface area contributed by atoms with Gasteiger partial charge in [-0.15, -0.1) is 0 Å².